The zero-order chi connectivity index (χ0) is 14.0. The van der Waals surface area contributed by atoms with Gasteiger partial charge in [-0.15, -0.1) is 0 Å². The largest absolute Gasteiger partial charge is 0.128 e. The number of rotatable bonds is 0. The molecule has 0 fully saturated rings. The van der Waals surface area contributed by atoms with Crippen LogP contribution in [0, 0.1) is 6.92 Å². The zero-order valence-corrected chi connectivity index (χ0v) is 11.6. The molecule has 0 heterocycles. The van der Waals surface area contributed by atoms with Crippen LogP contribution in [0.5, 0.6) is 0 Å². The minimum absolute atomic E-state index is 1.07. The third kappa shape index (κ3) is 1.37. The molecule has 0 spiro atoms. The van der Waals surface area contributed by atoms with Crippen LogP contribution in [0.1, 0.15) is 5.56 Å². The Labute approximate surface area is 123 Å². The summed E-state index contributed by atoms with van der Waals surface area (Å²) in [4.78, 5) is 0. The molecule has 5 rings (SSSR count). The van der Waals surface area contributed by atoms with Gasteiger partial charge in [0.25, 0.3) is 0 Å². The quantitative estimate of drug-likeness (QED) is 0.185. The van der Waals surface area contributed by atoms with E-state index in [9.17, 15) is 0 Å². The molecule has 5 aromatic rings. The normalized spacial score (nSPS) is 12.0. The van der Waals surface area contributed by atoms with Gasteiger partial charge < -0.3 is 0 Å². The van der Waals surface area contributed by atoms with E-state index in [1.54, 1.807) is 0 Å². The highest BCUT2D eigenvalue weighted by atomic mass is 14.1. The smallest absolute Gasteiger partial charge is 0.0616 e. The highest BCUT2D eigenvalue weighted by Crippen LogP contribution is 2.38. The maximum atomic E-state index is 4.10. The van der Waals surface area contributed by atoms with Crippen LogP contribution < -0.4 is 0 Å². The number of hydrogen-bond donors (Lipinski definition) is 0. The molecule has 0 saturated carbocycles. The first-order valence-electron chi connectivity index (χ1n) is 7.23. The highest BCUT2D eigenvalue weighted by Gasteiger charge is 2.13. The summed E-state index contributed by atoms with van der Waals surface area (Å²) < 4.78 is 0. The fraction of sp³-hybridized carbons (Fsp3) is 0. The minimum Gasteiger partial charge on any atom is -0.0616 e. The molecule has 0 amide bonds. The lowest BCUT2D eigenvalue weighted by Crippen LogP contribution is -1.86. The second-order valence-corrected chi connectivity index (χ2v) is 5.79. The Morgan fingerprint density at radius 2 is 1.19 bits per heavy atom. The van der Waals surface area contributed by atoms with Gasteiger partial charge in [0.05, 0.1) is 12.1 Å². The Morgan fingerprint density at radius 1 is 0.524 bits per heavy atom. The zero-order valence-electron chi connectivity index (χ0n) is 11.6. The molecule has 0 aliphatic carbocycles. The second kappa shape index (κ2) is 3.67. The summed E-state index contributed by atoms with van der Waals surface area (Å²) in [7, 11) is 0. The van der Waals surface area contributed by atoms with E-state index in [0.717, 1.165) is 5.56 Å². The molecule has 0 unspecified atom stereocenters. The van der Waals surface area contributed by atoms with Gasteiger partial charge in [-0.2, -0.15) is 0 Å². The van der Waals surface area contributed by atoms with Crippen LogP contribution in [-0.2, 0) is 0 Å². The molecule has 0 aliphatic rings. The monoisotopic (exact) mass is 265 g/mol. The van der Waals surface area contributed by atoms with Crippen molar-refractivity contribution in [3.8, 4) is 0 Å². The number of fused-ring (bicyclic) bond motifs is 2. The van der Waals surface area contributed by atoms with Crippen molar-refractivity contribution in [2.75, 3.05) is 0 Å². The Balaban J connectivity index is 2.19. The third-order valence-corrected chi connectivity index (χ3v) is 4.50. The topological polar surface area (TPSA) is 0 Å². The van der Waals surface area contributed by atoms with E-state index >= 15 is 0 Å². The molecular weight excluding hydrogens is 252 g/mol. The highest BCUT2D eigenvalue weighted by molar-refractivity contribution is 6.28. The second-order valence-electron chi connectivity index (χ2n) is 5.79. The van der Waals surface area contributed by atoms with Gasteiger partial charge in [-0.05, 0) is 39.7 Å². The van der Waals surface area contributed by atoms with E-state index in [2.05, 4.69) is 73.7 Å². The van der Waals surface area contributed by atoms with Gasteiger partial charge in [-0.1, -0.05) is 36.4 Å². The van der Waals surface area contributed by atoms with Gasteiger partial charge in [-0.25, -0.2) is 0 Å². The Hall–Kier alpha value is -2.73. The van der Waals surface area contributed by atoms with Crippen molar-refractivity contribution in [1.29, 1.82) is 0 Å². The van der Waals surface area contributed by atoms with Crippen LogP contribution >= 0.6 is 0 Å². The standard InChI is InChI=1S/C21H13/c1-13-10-15-6-7-17-12-14-4-2-3-5-18(14)19-9-8-16(11-13)20(15)21(17)19/h2-12H,1H2/q+1. The van der Waals surface area contributed by atoms with Gasteiger partial charge in [-0.3, -0.25) is 0 Å². The average molecular weight is 265 g/mol. The molecule has 0 atom stereocenters. The first-order valence-corrected chi connectivity index (χ1v) is 7.23. The van der Waals surface area contributed by atoms with E-state index < -0.39 is 0 Å². The summed E-state index contributed by atoms with van der Waals surface area (Å²) in [5.74, 6) is 0. The van der Waals surface area contributed by atoms with E-state index in [4.69, 9.17) is 0 Å². The van der Waals surface area contributed by atoms with Crippen LogP contribution in [0.15, 0.2) is 66.7 Å². The van der Waals surface area contributed by atoms with E-state index in [-0.39, 0.29) is 0 Å². The summed E-state index contributed by atoms with van der Waals surface area (Å²) in [6.45, 7) is 4.10. The van der Waals surface area contributed by atoms with Crippen LogP contribution in [0.4, 0.5) is 0 Å². The third-order valence-electron chi connectivity index (χ3n) is 4.50. The summed E-state index contributed by atoms with van der Waals surface area (Å²) in [6, 6.07) is 24.2. The van der Waals surface area contributed by atoms with Gasteiger partial charge >= 0.3 is 0 Å². The van der Waals surface area contributed by atoms with Crippen LogP contribution in [-0.4, -0.2) is 0 Å². The minimum atomic E-state index is 1.07. The average Bonchev–Trinajstić information content (AvgIpc) is 2.51. The van der Waals surface area contributed by atoms with Crippen molar-refractivity contribution in [3.63, 3.8) is 0 Å². The summed E-state index contributed by atoms with van der Waals surface area (Å²) >= 11 is 0. The first kappa shape index (κ1) is 11.0. The number of benzene rings is 5. The molecule has 0 radical (unpaired) electrons. The van der Waals surface area contributed by atoms with Crippen molar-refractivity contribution in [1.82, 2.24) is 0 Å². The molecule has 0 aromatic heterocycles. The predicted molar refractivity (Wildman–Crippen MR) is 92.1 cm³/mol. The lowest BCUT2D eigenvalue weighted by molar-refractivity contribution is 1.70. The lowest BCUT2D eigenvalue weighted by atomic mass is 9.90. The summed E-state index contributed by atoms with van der Waals surface area (Å²) in [6.07, 6.45) is 0. The molecule has 0 aliphatic heterocycles. The predicted octanol–water partition coefficient (Wildman–Crippen LogP) is 5.92. The van der Waals surface area contributed by atoms with Crippen molar-refractivity contribution in [2.45, 2.75) is 0 Å². The first-order chi connectivity index (χ1) is 10.3. The molecule has 21 heavy (non-hydrogen) atoms. The summed E-state index contributed by atoms with van der Waals surface area (Å²) in [5.41, 5.74) is 1.07. The molecule has 0 nitrogen and oxygen atoms in total. The molecule has 96 valence electrons. The van der Waals surface area contributed by atoms with E-state index in [1.807, 2.05) is 0 Å². The van der Waals surface area contributed by atoms with Gasteiger partial charge in [0, 0.05) is 28.5 Å². The van der Waals surface area contributed by atoms with Gasteiger partial charge in [0.2, 0.25) is 0 Å². The molecule has 5 aromatic carbocycles. The molecule has 0 bridgehead atoms. The molecule has 0 N–H and O–H groups in total. The lowest BCUT2D eigenvalue weighted by Gasteiger charge is -2.11. The SMILES string of the molecule is [CH2+]c1cc2ccc3cc4ccccc4c4ccc(c1)c2c34. The number of hydrogen-bond acceptors (Lipinski definition) is 0. The summed E-state index contributed by atoms with van der Waals surface area (Å²) in [5, 5.41) is 10.6. The van der Waals surface area contributed by atoms with E-state index in [0.29, 0.717) is 0 Å². The Morgan fingerprint density at radius 3 is 2.00 bits per heavy atom. The Kier molecular flexibility index (Phi) is 1.92. The van der Waals surface area contributed by atoms with Crippen LogP contribution in [0.3, 0.4) is 0 Å². The maximum absolute atomic E-state index is 4.10. The van der Waals surface area contributed by atoms with Crippen molar-refractivity contribution < 1.29 is 0 Å². The molecule has 0 heteroatoms. The van der Waals surface area contributed by atoms with Crippen molar-refractivity contribution >= 4 is 43.1 Å². The van der Waals surface area contributed by atoms with Gasteiger partial charge in [0.15, 0.2) is 0 Å². The van der Waals surface area contributed by atoms with Crippen LogP contribution in [0.25, 0.3) is 43.1 Å². The van der Waals surface area contributed by atoms with Crippen molar-refractivity contribution in [3.05, 3.63) is 79.2 Å². The van der Waals surface area contributed by atoms with Gasteiger partial charge in [0.1, 0.15) is 5.56 Å². The van der Waals surface area contributed by atoms with Crippen molar-refractivity contribution in [2.24, 2.45) is 0 Å². The van der Waals surface area contributed by atoms with Crippen LogP contribution in [0.2, 0.25) is 0 Å². The fourth-order valence-electron chi connectivity index (χ4n) is 3.64. The van der Waals surface area contributed by atoms with E-state index in [1.165, 1.54) is 43.1 Å². The fourth-order valence-corrected chi connectivity index (χ4v) is 3.64. The molecular formula is C21H13+. The molecule has 0 saturated heterocycles. The Bertz CT molecular complexity index is 1110. The maximum Gasteiger partial charge on any atom is 0.128 e.